The summed E-state index contributed by atoms with van der Waals surface area (Å²) >= 11 is 0. The second-order valence-electron chi connectivity index (χ2n) is 5.42. The fraction of sp³-hybridized carbons (Fsp3) is 0.562. The highest BCUT2D eigenvalue weighted by molar-refractivity contribution is 5.81. The number of carbonyl (C=O) groups excluding carboxylic acids is 1. The molecule has 1 fully saturated rings. The molecule has 2 rings (SSSR count). The maximum Gasteiger partial charge on any atom is 0.237 e. The average molecular weight is 276 g/mol. The van der Waals surface area contributed by atoms with Gasteiger partial charge in [0.1, 0.15) is 5.75 Å². The first kappa shape index (κ1) is 14.9. The molecule has 1 aromatic rings. The SMILES string of the molecule is COc1ccccc1CC(C)NC1CCCCNC1=O. The summed E-state index contributed by atoms with van der Waals surface area (Å²) in [4.78, 5) is 11.9. The van der Waals surface area contributed by atoms with Crippen LogP contribution in [0.1, 0.15) is 31.7 Å². The van der Waals surface area contributed by atoms with Crippen LogP contribution in [0.25, 0.3) is 0 Å². The van der Waals surface area contributed by atoms with Gasteiger partial charge in [-0.1, -0.05) is 18.2 Å². The number of methoxy groups -OCH3 is 1. The van der Waals surface area contributed by atoms with E-state index in [-0.39, 0.29) is 18.0 Å². The molecule has 1 saturated heterocycles. The maximum absolute atomic E-state index is 11.9. The summed E-state index contributed by atoms with van der Waals surface area (Å²) in [5.74, 6) is 1.04. The molecule has 110 valence electrons. The van der Waals surface area contributed by atoms with Crippen LogP contribution in [0.4, 0.5) is 0 Å². The number of nitrogens with one attached hydrogen (secondary N) is 2. The lowest BCUT2D eigenvalue weighted by atomic mass is 10.0. The topological polar surface area (TPSA) is 50.4 Å². The summed E-state index contributed by atoms with van der Waals surface area (Å²) in [5.41, 5.74) is 1.17. The zero-order chi connectivity index (χ0) is 14.4. The van der Waals surface area contributed by atoms with Crippen LogP contribution < -0.4 is 15.4 Å². The number of carbonyl (C=O) groups is 1. The van der Waals surface area contributed by atoms with Gasteiger partial charge in [0, 0.05) is 12.6 Å². The second-order valence-corrected chi connectivity index (χ2v) is 5.42. The summed E-state index contributed by atoms with van der Waals surface area (Å²) in [6, 6.07) is 8.20. The molecule has 4 heteroatoms. The van der Waals surface area contributed by atoms with Crippen molar-refractivity contribution in [1.29, 1.82) is 0 Å². The summed E-state index contributed by atoms with van der Waals surface area (Å²) in [6.45, 7) is 2.92. The molecule has 20 heavy (non-hydrogen) atoms. The van der Waals surface area contributed by atoms with Crippen LogP contribution >= 0.6 is 0 Å². The molecular formula is C16H24N2O2. The fourth-order valence-corrected chi connectivity index (χ4v) is 2.70. The number of benzene rings is 1. The molecule has 0 aliphatic carbocycles. The molecule has 0 aromatic heterocycles. The molecule has 0 spiro atoms. The van der Waals surface area contributed by atoms with E-state index in [1.165, 1.54) is 5.56 Å². The lowest BCUT2D eigenvalue weighted by molar-refractivity contribution is -0.123. The van der Waals surface area contributed by atoms with Crippen molar-refractivity contribution in [2.75, 3.05) is 13.7 Å². The van der Waals surface area contributed by atoms with E-state index in [0.717, 1.165) is 38.0 Å². The van der Waals surface area contributed by atoms with Crippen molar-refractivity contribution < 1.29 is 9.53 Å². The van der Waals surface area contributed by atoms with Gasteiger partial charge in [-0.2, -0.15) is 0 Å². The smallest absolute Gasteiger partial charge is 0.237 e. The number of rotatable bonds is 5. The Morgan fingerprint density at radius 1 is 1.40 bits per heavy atom. The molecule has 2 unspecified atom stereocenters. The Bertz CT molecular complexity index is 448. The molecule has 0 saturated carbocycles. The highest BCUT2D eigenvalue weighted by atomic mass is 16.5. The highest BCUT2D eigenvalue weighted by Gasteiger charge is 2.22. The third-order valence-corrected chi connectivity index (χ3v) is 3.74. The molecule has 1 aliphatic heterocycles. The van der Waals surface area contributed by atoms with Crippen LogP contribution in [0, 0.1) is 0 Å². The standard InChI is InChI=1S/C16H24N2O2/c1-12(11-13-7-3-4-9-15(13)20-2)18-14-8-5-6-10-17-16(14)19/h3-4,7,9,12,14,18H,5-6,8,10-11H2,1-2H3,(H,17,19). The van der Waals surface area contributed by atoms with Crippen molar-refractivity contribution in [2.45, 2.75) is 44.7 Å². The quantitative estimate of drug-likeness (QED) is 0.863. The summed E-state index contributed by atoms with van der Waals surface area (Å²) < 4.78 is 5.37. The van der Waals surface area contributed by atoms with E-state index < -0.39 is 0 Å². The van der Waals surface area contributed by atoms with Gasteiger partial charge in [0.05, 0.1) is 13.2 Å². The molecule has 1 heterocycles. The van der Waals surface area contributed by atoms with Crippen molar-refractivity contribution in [3.05, 3.63) is 29.8 Å². The van der Waals surface area contributed by atoms with Gasteiger partial charge in [-0.3, -0.25) is 4.79 Å². The predicted octanol–water partition coefficient (Wildman–Crippen LogP) is 1.88. The molecule has 0 bridgehead atoms. The Morgan fingerprint density at radius 2 is 2.20 bits per heavy atom. The van der Waals surface area contributed by atoms with Gasteiger partial charge >= 0.3 is 0 Å². The van der Waals surface area contributed by atoms with Gasteiger partial charge in [0.25, 0.3) is 0 Å². The summed E-state index contributed by atoms with van der Waals surface area (Å²) in [7, 11) is 1.69. The van der Waals surface area contributed by atoms with Crippen LogP contribution in [0.2, 0.25) is 0 Å². The Hall–Kier alpha value is -1.55. The summed E-state index contributed by atoms with van der Waals surface area (Å²) in [5, 5.41) is 6.40. The maximum atomic E-state index is 11.9. The minimum Gasteiger partial charge on any atom is -0.496 e. The van der Waals surface area contributed by atoms with Crippen molar-refractivity contribution in [2.24, 2.45) is 0 Å². The third-order valence-electron chi connectivity index (χ3n) is 3.74. The molecule has 1 aliphatic rings. The number of para-hydroxylation sites is 1. The number of amides is 1. The van der Waals surface area contributed by atoms with Crippen molar-refractivity contribution in [3.8, 4) is 5.75 Å². The van der Waals surface area contributed by atoms with Crippen LogP contribution in [0.15, 0.2) is 24.3 Å². The molecular weight excluding hydrogens is 252 g/mol. The van der Waals surface area contributed by atoms with Crippen molar-refractivity contribution in [3.63, 3.8) is 0 Å². The van der Waals surface area contributed by atoms with E-state index in [9.17, 15) is 4.79 Å². The molecule has 2 N–H and O–H groups in total. The van der Waals surface area contributed by atoms with Gasteiger partial charge < -0.3 is 15.4 Å². The van der Waals surface area contributed by atoms with Gasteiger partial charge in [-0.25, -0.2) is 0 Å². The Balaban J connectivity index is 1.94. The number of hydrogen-bond donors (Lipinski definition) is 2. The van der Waals surface area contributed by atoms with Gasteiger partial charge in [-0.15, -0.1) is 0 Å². The third kappa shape index (κ3) is 3.97. The van der Waals surface area contributed by atoms with Gasteiger partial charge in [0.2, 0.25) is 5.91 Å². The Kier molecular flexibility index (Phi) is 5.41. The van der Waals surface area contributed by atoms with E-state index in [0.29, 0.717) is 0 Å². The first-order valence-corrected chi connectivity index (χ1v) is 7.36. The van der Waals surface area contributed by atoms with Crippen LogP contribution in [-0.2, 0) is 11.2 Å². The molecule has 2 atom stereocenters. The van der Waals surface area contributed by atoms with Crippen LogP contribution in [-0.4, -0.2) is 31.6 Å². The average Bonchev–Trinajstić information content (AvgIpc) is 2.65. The Labute approximate surface area is 120 Å². The molecule has 1 aromatic carbocycles. The monoisotopic (exact) mass is 276 g/mol. The first-order valence-electron chi connectivity index (χ1n) is 7.36. The second kappa shape index (κ2) is 7.29. The van der Waals surface area contributed by atoms with Crippen LogP contribution in [0.5, 0.6) is 5.75 Å². The molecule has 4 nitrogen and oxygen atoms in total. The number of ether oxygens (including phenoxy) is 1. The largest absolute Gasteiger partial charge is 0.496 e. The van der Waals surface area contributed by atoms with Crippen molar-refractivity contribution in [1.82, 2.24) is 10.6 Å². The summed E-state index contributed by atoms with van der Waals surface area (Å²) in [6.07, 6.45) is 3.94. The van der Waals surface area contributed by atoms with Gasteiger partial charge in [0.15, 0.2) is 0 Å². The minimum atomic E-state index is -0.0674. The van der Waals surface area contributed by atoms with Crippen LogP contribution in [0.3, 0.4) is 0 Å². The minimum absolute atomic E-state index is 0.0674. The van der Waals surface area contributed by atoms with Crippen molar-refractivity contribution >= 4 is 5.91 Å². The van der Waals surface area contributed by atoms with E-state index in [4.69, 9.17) is 4.74 Å². The predicted molar refractivity (Wildman–Crippen MR) is 79.9 cm³/mol. The first-order chi connectivity index (χ1) is 9.70. The zero-order valence-corrected chi connectivity index (χ0v) is 12.3. The lowest BCUT2D eigenvalue weighted by Gasteiger charge is -2.21. The van der Waals surface area contributed by atoms with Gasteiger partial charge in [-0.05, 0) is 44.2 Å². The van der Waals surface area contributed by atoms with E-state index in [1.54, 1.807) is 7.11 Å². The highest BCUT2D eigenvalue weighted by Crippen LogP contribution is 2.19. The lowest BCUT2D eigenvalue weighted by Crippen LogP contribution is -2.47. The zero-order valence-electron chi connectivity index (χ0n) is 12.3. The normalized spacial score (nSPS) is 20.9. The molecule has 1 amide bonds. The Morgan fingerprint density at radius 3 is 3.00 bits per heavy atom. The molecule has 0 radical (unpaired) electrons. The van der Waals surface area contributed by atoms with E-state index in [1.807, 2.05) is 18.2 Å². The number of hydrogen-bond acceptors (Lipinski definition) is 3. The van der Waals surface area contributed by atoms with E-state index in [2.05, 4.69) is 23.6 Å². The van der Waals surface area contributed by atoms with E-state index >= 15 is 0 Å². The fourth-order valence-electron chi connectivity index (χ4n) is 2.70.